The molecule has 6 heteroatoms. The largest absolute Gasteiger partial charge is 0.381 e. The van der Waals surface area contributed by atoms with Crippen molar-refractivity contribution in [3.8, 4) is 0 Å². The predicted octanol–water partition coefficient (Wildman–Crippen LogP) is 0.369. The Hall–Kier alpha value is -2.60. The van der Waals surface area contributed by atoms with Crippen molar-refractivity contribution in [1.29, 1.82) is 0 Å². The summed E-state index contributed by atoms with van der Waals surface area (Å²) in [4.78, 5) is 25.6. The second kappa shape index (κ2) is 5.31. The lowest BCUT2D eigenvalue weighted by atomic mass is 10.1. The van der Waals surface area contributed by atoms with Crippen molar-refractivity contribution >= 4 is 22.7 Å². The van der Waals surface area contributed by atoms with E-state index in [0.29, 0.717) is 18.6 Å². The maximum atomic E-state index is 12.2. The maximum absolute atomic E-state index is 12.2. The van der Waals surface area contributed by atoms with Crippen LogP contribution in [-0.2, 0) is 4.74 Å². The number of H-pyrrole nitrogens is 3. The SMILES string of the molecule is O=c1[nH]c(=C2CCOCC2)[nH]c1=Cc1c[nH]c2ncccc12. The van der Waals surface area contributed by atoms with Gasteiger partial charge in [0.2, 0.25) is 0 Å². The van der Waals surface area contributed by atoms with E-state index in [1.54, 1.807) is 6.20 Å². The van der Waals surface area contributed by atoms with Crippen LogP contribution in [0.15, 0.2) is 29.3 Å². The molecule has 0 saturated carbocycles. The fourth-order valence-corrected chi connectivity index (χ4v) is 2.80. The Bertz CT molecular complexity index is 985. The Kier molecular flexibility index (Phi) is 3.16. The third-order valence-electron chi connectivity index (χ3n) is 3.98. The minimum atomic E-state index is -0.104. The van der Waals surface area contributed by atoms with Crippen LogP contribution in [0, 0.1) is 0 Å². The first-order valence-corrected chi connectivity index (χ1v) is 7.33. The van der Waals surface area contributed by atoms with E-state index in [1.807, 2.05) is 24.4 Å². The molecule has 0 aliphatic carbocycles. The first kappa shape index (κ1) is 13.1. The number of aromatic nitrogens is 4. The summed E-state index contributed by atoms with van der Waals surface area (Å²) in [6.07, 6.45) is 7.16. The minimum Gasteiger partial charge on any atom is -0.381 e. The number of hydrogen-bond acceptors (Lipinski definition) is 3. The highest BCUT2D eigenvalue weighted by Crippen LogP contribution is 2.15. The maximum Gasteiger partial charge on any atom is 0.273 e. The normalized spacial score (nSPS) is 16.5. The third kappa shape index (κ3) is 2.27. The molecule has 1 fully saturated rings. The Balaban J connectivity index is 1.86. The molecule has 3 aromatic rings. The average Bonchev–Trinajstić information content (AvgIpc) is 3.13. The first-order chi connectivity index (χ1) is 10.8. The summed E-state index contributed by atoms with van der Waals surface area (Å²) in [5.74, 6) is 0. The first-order valence-electron chi connectivity index (χ1n) is 7.33. The fraction of sp³-hybridized carbons (Fsp3) is 0.250. The molecule has 3 N–H and O–H groups in total. The van der Waals surface area contributed by atoms with Crippen LogP contribution in [0.1, 0.15) is 18.4 Å². The van der Waals surface area contributed by atoms with E-state index in [2.05, 4.69) is 19.9 Å². The van der Waals surface area contributed by atoms with Gasteiger partial charge in [0.1, 0.15) is 16.5 Å². The summed E-state index contributed by atoms with van der Waals surface area (Å²) in [5.41, 5.74) is 3.68. The molecule has 0 atom stereocenters. The summed E-state index contributed by atoms with van der Waals surface area (Å²) in [6, 6.07) is 3.87. The third-order valence-corrected chi connectivity index (χ3v) is 3.98. The van der Waals surface area contributed by atoms with Gasteiger partial charge in [-0.3, -0.25) is 4.79 Å². The zero-order valence-corrected chi connectivity index (χ0v) is 12.0. The van der Waals surface area contributed by atoms with Crippen LogP contribution < -0.4 is 16.4 Å². The van der Waals surface area contributed by atoms with Crippen molar-refractivity contribution in [2.75, 3.05) is 13.2 Å². The van der Waals surface area contributed by atoms with Crippen LogP contribution in [0.3, 0.4) is 0 Å². The molecule has 1 saturated heterocycles. The number of rotatable bonds is 1. The number of nitrogens with zero attached hydrogens (tertiary/aromatic N) is 1. The second-order valence-corrected chi connectivity index (χ2v) is 5.37. The average molecular weight is 296 g/mol. The zero-order valence-electron chi connectivity index (χ0n) is 12.0. The molecule has 4 rings (SSSR count). The molecule has 112 valence electrons. The van der Waals surface area contributed by atoms with Gasteiger partial charge in [0, 0.05) is 23.3 Å². The standard InChI is InChI=1S/C16H16N4O2/c21-16-13(19-14(20-16)10-3-6-22-7-4-10)8-11-9-18-15-12(11)2-1-5-17-15/h1-2,5,8-9,19H,3-4,6-7H2,(H,17,18)(H,20,21). The van der Waals surface area contributed by atoms with Gasteiger partial charge < -0.3 is 19.7 Å². The van der Waals surface area contributed by atoms with Gasteiger partial charge in [-0.15, -0.1) is 0 Å². The van der Waals surface area contributed by atoms with E-state index >= 15 is 0 Å². The van der Waals surface area contributed by atoms with Gasteiger partial charge in [-0.2, -0.15) is 0 Å². The van der Waals surface area contributed by atoms with Crippen LogP contribution in [0.25, 0.3) is 22.7 Å². The van der Waals surface area contributed by atoms with Crippen molar-refractivity contribution in [2.24, 2.45) is 0 Å². The van der Waals surface area contributed by atoms with Gasteiger partial charge in [-0.1, -0.05) is 0 Å². The lowest BCUT2D eigenvalue weighted by Crippen LogP contribution is -2.22. The molecule has 1 aliphatic heterocycles. The molecule has 0 bridgehead atoms. The minimum absolute atomic E-state index is 0.104. The van der Waals surface area contributed by atoms with E-state index < -0.39 is 0 Å². The second-order valence-electron chi connectivity index (χ2n) is 5.37. The molecule has 3 aromatic heterocycles. The number of pyridine rings is 1. The number of hydrogen-bond donors (Lipinski definition) is 3. The van der Waals surface area contributed by atoms with Gasteiger partial charge in [0.05, 0.1) is 13.2 Å². The number of fused-ring (bicyclic) bond motifs is 1. The highest BCUT2D eigenvalue weighted by molar-refractivity contribution is 5.85. The highest BCUT2D eigenvalue weighted by Gasteiger charge is 2.08. The number of aromatic amines is 3. The molecular weight excluding hydrogens is 280 g/mol. The van der Waals surface area contributed by atoms with Gasteiger partial charge in [-0.05, 0) is 36.6 Å². The smallest absolute Gasteiger partial charge is 0.273 e. The van der Waals surface area contributed by atoms with E-state index in [-0.39, 0.29) is 5.56 Å². The molecule has 0 aromatic carbocycles. The Morgan fingerprint density at radius 1 is 1.23 bits per heavy atom. The predicted molar refractivity (Wildman–Crippen MR) is 83.8 cm³/mol. The molecule has 22 heavy (non-hydrogen) atoms. The summed E-state index contributed by atoms with van der Waals surface area (Å²) >= 11 is 0. The lowest BCUT2D eigenvalue weighted by Gasteiger charge is -2.12. The van der Waals surface area contributed by atoms with E-state index in [4.69, 9.17) is 4.74 Å². The quantitative estimate of drug-likeness (QED) is 0.606. The topological polar surface area (TPSA) is 86.6 Å². The molecule has 0 spiro atoms. The summed E-state index contributed by atoms with van der Waals surface area (Å²) < 4.78 is 5.35. The molecule has 1 aliphatic rings. The van der Waals surface area contributed by atoms with Crippen molar-refractivity contribution in [3.05, 3.63) is 51.3 Å². The van der Waals surface area contributed by atoms with Crippen molar-refractivity contribution in [2.45, 2.75) is 12.8 Å². The van der Waals surface area contributed by atoms with Crippen LogP contribution in [-0.4, -0.2) is 33.1 Å². The van der Waals surface area contributed by atoms with E-state index in [9.17, 15) is 4.79 Å². The van der Waals surface area contributed by atoms with Crippen LogP contribution in [0.5, 0.6) is 0 Å². The van der Waals surface area contributed by atoms with Crippen LogP contribution >= 0.6 is 0 Å². The molecule has 0 unspecified atom stereocenters. The lowest BCUT2D eigenvalue weighted by molar-refractivity contribution is 0.129. The van der Waals surface area contributed by atoms with Crippen LogP contribution in [0.4, 0.5) is 0 Å². The Morgan fingerprint density at radius 2 is 2.09 bits per heavy atom. The number of ether oxygens (including phenoxy) is 1. The van der Waals surface area contributed by atoms with Gasteiger partial charge >= 0.3 is 0 Å². The summed E-state index contributed by atoms with van der Waals surface area (Å²) in [6.45, 7) is 1.42. The monoisotopic (exact) mass is 296 g/mol. The fourth-order valence-electron chi connectivity index (χ4n) is 2.80. The van der Waals surface area contributed by atoms with Crippen molar-refractivity contribution in [3.63, 3.8) is 0 Å². The molecule has 6 nitrogen and oxygen atoms in total. The number of nitrogens with one attached hydrogen (secondary N) is 3. The van der Waals surface area contributed by atoms with E-state index in [1.165, 1.54) is 5.57 Å². The van der Waals surface area contributed by atoms with Crippen molar-refractivity contribution < 1.29 is 4.74 Å². The molecule has 4 heterocycles. The Morgan fingerprint density at radius 3 is 2.95 bits per heavy atom. The molecule has 0 radical (unpaired) electrons. The van der Waals surface area contributed by atoms with Gasteiger partial charge in [0.25, 0.3) is 5.56 Å². The van der Waals surface area contributed by atoms with Crippen molar-refractivity contribution in [1.82, 2.24) is 19.9 Å². The zero-order chi connectivity index (χ0) is 14.9. The Labute approximate surface area is 125 Å². The van der Waals surface area contributed by atoms with E-state index in [0.717, 1.165) is 34.9 Å². The summed E-state index contributed by atoms with van der Waals surface area (Å²) in [5, 5.41) is 1.55. The van der Waals surface area contributed by atoms with Gasteiger partial charge in [-0.25, -0.2) is 4.98 Å². The molecule has 0 amide bonds. The van der Waals surface area contributed by atoms with Gasteiger partial charge in [0.15, 0.2) is 0 Å². The highest BCUT2D eigenvalue weighted by atomic mass is 16.5. The number of imidazole rings is 1. The summed E-state index contributed by atoms with van der Waals surface area (Å²) in [7, 11) is 0. The molecular formula is C16H16N4O2. The van der Waals surface area contributed by atoms with Crippen LogP contribution in [0.2, 0.25) is 0 Å².